The number of halogens is 1. The lowest BCUT2D eigenvalue weighted by atomic mass is 10.2. The van der Waals surface area contributed by atoms with E-state index in [0.717, 1.165) is 4.31 Å². The molecule has 0 heterocycles. The van der Waals surface area contributed by atoms with Gasteiger partial charge < -0.3 is 0 Å². The predicted octanol–water partition coefficient (Wildman–Crippen LogP) is 3.04. The highest BCUT2D eigenvalue weighted by Crippen LogP contribution is 2.23. The Morgan fingerprint density at radius 3 is 2.10 bits per heavy atom. The van der Waals surface area contributed by atoms with Gasteiger partial charge in [0.25, 0.3) is 10.0 Å². The molecule has 2 aromatic rings. The Hall–Kier alpha value is -2.03. The van der Waals surface area contributed by atoms with Crippen molar-refractivity contribution < 1.29 is 8.42 Å². The van der Waals surface area contributed by atoms with Crippen LogP contribution in [-0.2, 0) is 10.0 Å². The molecule has 102 valence electrons. The Morgan fingerprint density at radius 1 is 1.05 bits per heavy atom. The second kappa shape index (κ2) is 5.53. The first-order chi connectivity index (χ1) is 9.45. The lowest BCUT2D eigenvalue weighted by molar-refractivity contribution is 0.594. The molecule has 0 aliphatic carbocycles. The van der Waals surface area contributed by atoms with Crippen molar-refractivity contribution in [2.75, 3.05) is 11.4 Å². The molecule has 0 unspecified atom stereocenters. The standard InChI is InChI=1S/C14H11ClN2O2S/c1-17(13-6-2-11(10-16)3-7-13)20(18,19)14-8-4-12(15)5-9-14/h2-9H,1H3. The number of hydrogen-bond donors (Lipinski definition) is 0. The monoisotopic (exact) mass is 306 g/mol. The van der Waals surface area contributed by atoms with Crippen LogP contribution in [0.15, 0.2) is 53.4 Å². The van der Waals surface area contributed by atoms with E-state index < -0.39 is 10.0 Å². The van der Waals surface area contributed by atoms with E-state index in [4.69, 9.17) is 16.9 Å². The van der Waals surface area contributed by atoms with E-state index in [1.807, 2.05) is 6.07 Å². The van der Waals surface area contributed by atoms with E-state index in [-0.39, 0.29) is 4.90 Å². The van der Waals surface area contributed by atoms with Crippen LogP contribution in [0.5, 0.6) is 0 Å². The molecule has 0 bridgehead atoms. The third-order valence-electron chi connectivity index (χ3n) is 2.83. The molecule has 6 heteroatoms. The van der Waals surface area contributed by atoms with Crippen molar-refractivity contribution in [2.45, 2.75) is 4.90 Å². The molecule has 0 amide bonds. The molecule has 0 aliphatic heterocycles. The number of hydrogen-bond acceptors (Lipinski definition) is 3. The van der Waals surface area contributed by atoms with Crippen molar-refractivity contribution in [2.24, 2.45) is 0 Å². The number of rotatable bonds is 3. The van der Waals surface area contributed by atoms with Gasteiger partial charge in [0.2, 0.25) is 0 Å². The molecule has 0 fully saturated rings. The maximum Gasteiger partial charge on any atom is 0.264 e. The quantitative estimate of drug-likeness (QED) is 0.875. The van der Waals surface area contributed by atoms with Gasteiger partial charge in [-0.1, -0.05) is 11.6 Å². The summed E-state index contributed by atoms with van der Waals surface area (Å²) in [5.74, 6) is 0. The van der Waals surface area contributed by atoms with Crippen LogP contribution in [0.4, 0.5) is 5.69 Å². The molecule has 0 atom stereocenters. The first-order valence-corrected chi connectivity index (χ1v) is 7.51. The molecular formula is C14H11ClN2O2S. The Kier molecular flexibility index (Phi) is 3.98. The summed E-state index contributed by atoms with van der Waals surface area (Å²) in [5, 5.41) is 9.21. The predicted molar refractivity (Wildman–Crippen MR) is 78.2 cm³/mol. The highest BCUT2D eigenvalue weighted by Gasteiger charge is 2.20. The summed E-state index contributed by atoms with van der Waals surface area (Å²) in [5.41, 5.74) is 0.963. The first kappa shape index (κ1) is 14.4. The van der Waals surface area contributed by atoms with E-state index in [2.05, 4.69) is 0 Å². The zero-order valence-corrected chi connectivity index (χ0v) is 12.2. The molecule has 0 saturated heterocycles. The normalized spacial score (nSPS) is 10.8. The van der Waals surface area contributed by atoms with Gasteiger partial charge in [-0.05, 0) is 48.5 Å². The smallest absolute Gasteiger partial charge is 0.264 e. The van der Waals surface area contributed by atoms with Crippen molar-refractivity contribution in [3.63, 3.8) is 0 Å². The summed E-state index contributed by atoms with van der Waals surface area (Å²) in [6, 6.07) is 14.3. The van der Waals surface area contributed by atoms with E-state index in [1.165, 1.54) is 31.3 Å². The fraction of sp³-hybridized carbons (Fsp3) is 0.0714. The second-order valence-electron chi connectivity index (χ2n) is 4.09. The summed E-state index contributed by atoms with van der Waals surface area (Å²) in [6.45, 7) is 0. The fourth-order valence-electron chi connectivity index (χ4n) is 1.65. The molecule has 20 heavy (non-hydrogen) atoms. The summed E-state index contributed by atoms with van der Waals surface area (Å²) in [6.07, 6.45) is 0. The van der Waals surface area contributed by atoms with Gasteiger partial charge in [-0.15, -0.1) is 0 Å². The maximum absolute atomic E-state index is 12.4. The number of sulfonamides is 1. The number of nitriles is 1. The Balaban J connectivity index is 2.38. The van der Waals surface area contributed by atoms with Crippen molar-refractivity contribution >= 4 is 27.3 Å². The largest absolute Gasteiger partial charge is 0.269 e. The van der Waals surface area contributed by atoms with Crippen LogP contribution < -0.4 is 4.31 Å². The highest BCUT2D eigenvalue weighted by molar-refractivity contribution is 7.92. The van der Waals surface area contributed by atoms with E-state index in [9.17, 15) is 8.42 Å². The number of nitrogens with zero attached hydrogens (tertiary/aromatic N) is 2. The summed E-state index contributed by atoms with van der Waals surface area (Å²) in [4.78, 5) is 0.161. The van der Waals surface area contributed by atoms with Crippen LogP contribution >= 0.6 is 11.6 Å². The van der Waals surface area contributed by atoms with E-state index in [0.29, 0.717) is 16.3 Å². The lowest BCUT2D eigenvalue weighted by Crippen LogP contribution is -2.26. The summed E-state index contributed by atoms with van der Waals surface area (Å²) in [7, 11) is -2.17. The van der Waals surface area contributed by atoms with Crippen LogP contribution in [0.25, 0.3) is 0 Å². The molecule has 2 aromatic carbocycles. The van der Waals surface area contributed by atoms with Crippen LogP contribution in [0.2, 0.25) is 5.02 Å². The molecule has 2 rings (SSSR count). The summed E-state index contributed by atoms with van der Waals surface area (Å²) < 4.78 is 26.0. The van der Waals surface area contributed by atoms with Crippen LogP contribution in [0, 0.1) is 11.3 Å². The lowest BCUT2D eigenvalue weighted by Gasteiger charge is -2.19. The van der Waals surface area contributed by atoms with Gasteiger partial charge in [-0.3, -0.25) is 4.31 Å². The molecule has 0 radical (unpaired) electrons. The number of anilines is 1. The van der Waals surface area contributed by atoms with E-state index >= 15 is 0 Å². The fourth-order valence-corrected chi connectivity index (χ4v) is 2.97. The first-order valence-electron chi connectivity index (χ1n) is 5.70. The van der Waals surface area contributed by atoms with Crippen molar-refractivity contribution in [3.05, 3.63) is 59.1 Å². The van der Waals surface area contributed by atoms with Crippen molar-refractivity contribution in [3.8, 4) is 6.07 Å². The highest BCUT2D eigenvalue weighted by atomic mass is 35.5. The van der Waals surface area contributed by atoms with Gasteiger partial charge >= 0.3 is 0 Å². The Morgan fingerprint density at radius 2 is 1.60 bits per heavy atom. The maximum atomic E-state index is 12.4. The zero-order valence-electron chi connectivity index (χ0n) is 10.6. The minimum absolute atomic E-state index is 0.161. The molecular weight excluding hydrogens is 296 g/mol. The average molecular weight is 307 g/mol. The van der Waals surface area contributed by atoms with Crippen molar-refractivity contribution in [1.82, 2.24) is 0 Å². The van der Waals surface area contributed by atoms with Gasteiger partial charge in [-0.2, -0.15) is 5.26 Å². The SMILES string of the molecule is CN(c1ccc(C#N)cc1)S(=O)(=O)c1ccc(Cl)cc1. The molecule has 4 nitrogen and oxygen atoms in total. The van der Waals surface area contributed by atoms with Crippen LogP contribution in [0.1, 0.15) is 5.56 Å². The number of benzene rings is 2. The minimum Gasteiger partial charge on any atom is -0.269 e. The topological polar surface area (TPSA) is 61.2 Å². The molecule has 0 N–H and O–H groups in total. The Bertz CT molecular complexity index is 747. The van der Waals surface area contributed by atoms with Crippen LogP contribution in [0.3, 0.4) is 0 Å². The molecule has 0 saturated carbocycles. The third kappa shape index (κ3) is 2.77. The van der Waals surface area contributed by atoms with Gasteiger partial charge in [0, 0.05) is 12.1 Å². The molecule has 0 aliphatic rings. The van der Waals surface area contributed by atoms with Gasteiger partial charge in [-0.25, -0.2) is 8.42 Å². The van der Waals surface area contributed by atoms with Gasteiger partial charge in [0.05, 0.1) is 22.2 Å². The zero-order chi connectivity index (χ0) is 14.8. The van der Waals surface area contributed by atoms with E-state index in [1.54, 1.807) is 24.3 Å². The molecule has 0 aromatic heterocycles. The van der Waals surface area contributed by atoms with Crippen LogP contribution in [-0.4, -0.2) is 15.5 Å². The molecule has 0 spiro atoms. The average Bonchev–Trinajstić information content (AvgIpc) is 2.47. The minimum atomic E-state index is -3.64. The van der Waals surface area contributed by atoms with Gasteiger partial charge in [0.15, 0.2) is 0 Å². The Labute approximate surface area is 122 Å². The van der Waals surface area contributed by atoms with Gasteiger partial charge in [0.1, 0.15) is 0 Å². The second-order valence-corrected chi connectivity index (χ2v) is 6.49. The third-order valence-corrected chi connectivity index (χ3v) is 4.88. The van der Waals surface area contributed by atoms with Crippen molar-refractivity contribution in [1.29, 1.82) is 5.26 Å². The summed E-state index contributed by atoms with van der Waals surface area (Å²) >= 11 is 5.75.